The van der Waals surface area contributed by atoms with E-state index in [4.69, 9.17) is 5.73 Å². The summed E-state index contributed by atoms with van der Waals surface area (Å²) in [4.78, 5) is 0. The molecule has 1 aromatic heterocycles. The molecule has 4 heteroatoms. The average Bonchev–Trinajstić information content (AvgIpc) is 2.63. The number of aryl methyl sites for hydroxylation is 1. The van der Waals surface area contributed by atoms with E-state index in [-0.39, 0.29) is 11.9 Å². The van der Waals surface area contributed by atoms with Gasteiger partial charge in [0.15, 0.2) is 0 Å². The number of rotatable bonds is 2. The Kier molecular flexibility index (Phi) is 2.75. The van der Waals surface area contributed by atoms with Crippen molar-refractivity contribution in [3.8, 4) is 5.69 Å². The van der Waals surface area contributed by atoms with Crippen LogP contribution < -0.4 is 5.73 Å². The minimum Gasteiger partial charge on any atom is -0.324 e. The minimum absolute atomic E-state index is 0.291. The predicted molar refractivity (Wildman–Crippen MR) is 60.9 cm³/mol. The molecular formula is C12H14FN3. The first kappa shape index (κ1) is 10.8. The summed E-state index contributed by atoms with van der Waals surface area (Å²) in [6, 6.07) is 4.53. The van der Waals surface area contributed by atoms with Gasteiger partial charge in [-0.05, 0) is 31.5 Å². The van der Waals surface area contributed by atoms with E-state index >= 15 is 0 Å². The highest BCUT2D eigenvalue weighted by atomic mass is 19.1. The second kappa shape index (κ2) is 4.06. The van der Waals surface area contributed by atoms with Crippen molar-refractivity contribution in [3.05, 3.63) is 47.5 Å². The molecule has 0 unspecified atom stereocenters. The molecule has 0 aliphatic rings. The van der Waals surface area contributed by atoms with Crippen LogP contribution in [0, 0.1) is 12.7 Å². The number of nitrogens with zero attached hydrogens (tertiary/aromatic N) is 2. The van der Waals surface area contributed by atoms with Gasteiger partial charge in [-0.3, -0.25) is 0 Å². The SMILES string of the molecule is Cc1cnn(-c2cccc(F)c2[C@@H](C)N)c1. The van der Waals surface area contributed by atoms with Gasteiger partial charge in [-0.15, -0.1) is 0 Å². The minimum atomic E-state index is -0.360. The molecule has 2 N–H and O–H groups in total. The standard InChI is InChI=1S/C12H14FN3/c1-8-6-15-16(7-8)11-5-3-4-10(13)12(11)9(2)14/h3-7,9H,14H2,1-2H3/t9-/m1/s1. The Morgan fingerprint density at radius 1 is 1.44 bits per heavy atom. The van der Waals surface area contributed by atoms with Crippen LogP contribution in [0.5, 0.6) is 0 Å². The first-order chi connectivity index (χ1) is 7.59. The van der Waals surface area contributed by atoms with Gasteiger partial charge in [-0.1, -0.05) is 6.07 Å². The van der Waals surface area contributed by atoms with Gasteiger partial charge < -0.3 is 5.73 Å². The number of hydrogen-bond donors (Lipinski definition) is 1. The molecule has 0 fully saturated rings. The van der Waals surface area contributed by atoms with Gasteiger partial charge >= 0.3 is 0 Å². The quantitative estimate of drug-likeness (QED) is 0.842. The van der Waals surface area contributed by atoms with E-state index in [0.29, 0.717) is 11.3 Å². The predicted octanol–water partition coefficient (Wildman–Crippen LogP) is 2.34. The lowest BCUT2D eigenvalue weighted by molar-refractivity contribution is 0.589. The molecule has 1 heterocycles. The Balaban J connectivity index is 2.60. The molecule has 84 valence electrons. The van der Waals surface area contributed by atoms with Gasteiger partial charge in [0.2, 0.25) is 0 Å². The number of halogens is 1. The Bertz CT molecular complexity index is 503. The first-order valence-electron chi connectivity index (χ1n) is 5.15. The van der Waals surface area contributed by atoms with Crippen molar-refractivity contribution in [1.82, 2.24) is 9.78 Å². The Morgan fingerprint density at radius 3 is 2.75 bits per heavy atom. The van der Waals surface area contributed by atoms with E-state index in [0.717, 1.165) is 5.56 Å². The molecule has 1 aromatic carbocycles. The molecule has 0 saturated heterocycles. The Hall–Kier alpha value is -1.68. The monoisotopic (exact) mass is 219 g/mol. The molecule has 0 aliphatic carbocycles. The molecule has 0 amide bonds. The van der Waals surface area contributed by atoms with Crippen molar-refractivity contribution in [1.29, 1.82) is 0 Å². The number of benzene rings is 1. The summed E-state index contributed by atoms with van der Waals surface area (Å²) in [6.45, 7) is 3.70. The van der Waals surface area contributed by atoms with Crippen LogP contribution in [0.3, 0.4) is 0 Å². The zero-order chi connectivity index (χ0) is 11.7. The highest BCUT2D eigenvalue weighted by Crippen LogP contribution is 2.22. The maximum Gasteiger partial charge on any atom is 0.130 e. The number of aromatic nitrogens is 2. The van der Waals surface area contributed by atoms with Crippen LogP contribution in [0.2, 0.25) is 0 Å². The Morgan fingerprint density at radius 2 is 2.19 bits per heavy atom. The van der Waals surface area contributed by atoms with Gasteiger partial charge in [-0.2, -0.15) is 5.10 Å². The number of hydrogen-bond acceptors (Lipinski definition) is 2. The van der Waals surface area contributed by atoms with E-state index in [1.807, 2.05) is 19.2 Å². The van der Waals surface area contributed by atoms with Gasteiger partial charge in [0, 0.05) is 17.8 Å². The van der Waals surface area contributed by atoms with E-state index in [9.17, 15) is 4.39 Å². The van der Waals surface area contributed by atoms with Crippen LogP contribution in [0.25, 0.3) is 5.69 Å². The third-order valence-electron chi connectivity index (χ3n) is 2.44. The lowest BCUT2D eigenvalue weighted by Crippen LogP contribution is -2.12. The molecule has 0 radical (unpaired) electrons. The zero-order valence-electron chi connectivity index (χ0n) is 9.31. The highest BCUT2D eigenvalue weighted by molar-refractivity contribution is 5.43. The maximum atomic E-state index is 13.7. The fourth-order valence-electron chi connectivity index (χ4n) is 1.72. The lowest BCUT2D eigenvalue weighted by Gasteiger charge is -2.13. The van der Waals surface area contributed by atoms with Crippen LogP contribution in [0.1, 0.15) is 24.1 Å². The third-order valence-corrected chi connectivity index (χ3v) is 2.44. The molecule has 1 atom stereocenters. The average molecular weight is 219 g/mol. The van der Waals surface area contributed by atoms with Crippen LogP contribution >= 0.6 is 0 Å². The summed E-state index contributed by atoms with van der Waals surface area (Å²) < 4.78 is 15.3. The largest absolute Gasteiger partial charge is 0.324 e. The summed E-state index contributed by atoms with van der Waals surface area (Å²) in [5.74, 6) is -0.291. The van der Waals surface area contributed by atoms with Crippen molar-refractivity contribution in [2.75, 3.05) is 0 Å². The van der Waals surface area contributed by atoms with E-state index < -0.39 is 0 Å². The van der Waals surface area contributed by atoms with Crippen molar-refractivity contribution < 1.29 is 4.39 Å². The van der Waals surface area contributed by atoms with Crippen molar-refractivity contribution in [2.24, 2.45) is 5.73 Å². The summed E-state index contributed by atoms with van der Waals surface area (Å²) in [6.07, 6.45) is 3.58. The highest BCUT2D eigenvalue weighted by Gasteiger charge is 2.14. The second-order valence-corrected chi connectivity index (χ2v) is 3.92. The smallest absolute Gasteiger partial charge is 0.130 e. The van der Waals surface area contributed by atoms with Crippen LogP contribution in [-0.4, -0.2) is 9.78 Å². The molecule has 3 nitrogen and oxygen atoms in total. The van der Waals surface area contributed by atoms with Crippen molar-refractivity contribution >= 4 is 0 Å². The van der Waals surface area contributed by atoms with Crippen LogP contribution in [-0.2, 0) is 0 Å². The molecule has 2 rings (SSSR count). The summed E-state index contributed by atoms with van der Waals surface area (Å²) in [5, 5.41) is 4.16. The van der Waals surface area contributed by atoms with Gasteiger partial charge in [0.1, 0.15) is 5.82 Å². The summed E-state index contributed by atoms with van der Waals surface area (Å²) >= 11 is 0. The maximum absolute atomic E-state index is 13.7. The third kappa shape index (κ3) is 1.84. The molecule has 0 saturated carbocycles. The molecule has 2 aromatic rings. The summed E-state index contributed by atoms with van der Waals surface area (Å²) in [5.41, 5.74) is 7.99. The normalized spacial score (nSPS) is 12.8. The topological polar surface area (TPSA) is 43.8 Å². The van der Waals surface area contributed by atoms with E-state index in [1.165, 1.54) is 6.07 Å². The second-order valence-electron chi connectivity index (χ2n) is 3.92. The van der Waals surface area contributed by atoms with E-state index in [1.54, 1.807) is 23.9 Å². The van der Waals surface area contributed by atoms with Crippen molar-refractivity contribution in [3.63, 3.8) is 0 Å². The molecule has 0 bridgehead atoms. The Labute approximate surface area is 93.7 Å². The molecule has 0 spiro atoms. The van der Waals surface area contributed by atoms with Crippen LogP contribution in [0.15, 0.2) is 30.6 Å². The lowest BCUT2D eigenvalue weighted by atomic mass is 10.1. The van der Waals surface area contributed by atoms with E-state index in [2.05, 4.69) is 5.10 Å². The fourth-order valence-corrected chi connectivity index (χ4v) is 1.72. The molecular weight excluding hydrogens is 205 g/mol. The summed E-state index contributed by atoms with van der Waals surface area (Å²) in [7, 11) is 0. The van der Waals surface area contributed by atoms with Gasteiger partial charge in [0.05, 0.1) is 11.9 Å². The van der Waals surface area contributed by atoms with Crippen LogP contribution in [0.4, 0.5) is 4.39 Å². The molecule has 16 heavy (non-hydrogen) atoms. The van der Waals surface area contributed by atoms with Crippen molar-refractivity contribution in [2.45, 2.75) is 19.9 Å². The fraction of sp³-hybridized carbons (Fsp3) is 0.250. The van der Waals surface area contributed by atoms with Gasteiger partial charge in [0.25, 0.3) is 0 Å². The zero-order valence-corrected chi connectivity index (χ0v) is 9.31. The van der Waals surface area contributed by atoms with Gasteiger partial charge in [-0.25, -0.2) is 9.07 Å². The first-order valence-corrected chi connectivity index (χ1v) is 5.15. The molecule has 0 aliphatic heterocycles. The number of nitrogens with two attached hydrogens (primary N) is 1.